The second-order valence-electron chi connectivity index (χ2n) is 3.43. The molecule has 0 aromatic heterocycles. The monoisotopic (exact) mass is 173 g/mol. The molecule has 0 aromatic carbocycles. The van der Waals surface area contributed by atoms with E-state index in [-0.39, 0.29) is 6.23 Å². The average Bonchev–Trinajstić information content (AvgIpc) is 2.05. The van der Waals surface area contributed by atoms with Crippen LogP contribution in [0.2, 0.25) is 0 Å². The van der Waals surface area contributed by atoms with Gasteiger partial charge in [-0.15, -0.1) is 0 Å². The molecule has 0 spiro atoms. The molecule has 72 valence electrons. The molecule has 1 unspecified atom stereocenters. The number of nitrogens with zero attached hydrogens (tertiary/aromatic N) is 1. The van der Waals surface area contributed by atoms with Crippen LogP contribution in [0.15, 0.2) is 0 Å². The van der Waals surface area contributed by atoms with Gasteiger partial charge in [-0.25, -0.2) is 0 Å². The molecule has 0 N–H and O–H groups in total. The number of morpholine rings is 1. The minimum atomic E-state index is 0.230. The van der Waals surface area contributed by atoms with Crippen LogP contribution in [0.5, 0.6) is 0 Å². The first-order chi connectivity index (χ1) is 5.70. The molecule has 0 bridgehead atoms. The number of rotatable bonds is 3. The van der Waals surface area contributed by atoms with Crippen molar-refractivity contribution >= 4 is 0 Å². The Balaban J connectivity index is 2.24. The normalized spacial score (nSPS) is 23.0. The maximum absolute atomic E-state index is 5.66. The third-order valence-corrected chi connectivity index (χ3v) is 2.03. The molecule has 0 amide bonds. The fraction of sp³-hybridized carbons (Fsp3) is 1.00. The van der Waals surface area contributed by atoms with Crippen molar-refractivity contribution in [2.45, 2.75) is 33.1 Å². The van der Waals surface area contributed by atoms with E-state index in [1.165, 1.54) is 0 Å². The molecule has 1 rings (SSSR count). The molecule has 0 aliphatic carbocycles. The van der Waals surface area contributed by atoms with Crippen molar-refractivity contribution < 1.29 is 9.47 Å². The van der Waals surface area contributed by atoms with Gasteiger partial charge in [-0.3, -0.25) is 4.90 Å². The first-order valence-corrected chi connectivity index (χ1v) is 4.67. The summed E-state index contributed by atoms with van der Waals surface area (Å²) >= 11 is 0. The predicted octanol–water partition coefficient (Wildman–Crippen LogP) is 1.09. The summed E-state index contributed by atoms with van der Waals surface area (Å²) in [7, 11) is 0. The molecule has 0 saturated carbocycles. The summed E-state index contributed by atoms with van der Waals surface area (Å²) in [5.41, 5.74) is 0. The Labute approximate surface area is 74.6 Å². The summed E-state index contributed by atoms with van der Waals surface area (Å²) in [4.78, 5) is 2.31. The van der Waals surface area contributed by atoms with E-state index in [2.05, 4.69) is 25.7 Å². The van der Waals surface area contributed by atoms with E-state index in [0.29, 0.717) is 6.10 Å². The van der Waals surface area contributed by atoms with Crippen LogP contribution in [-0.2, 0) is 9.47 Å². The molecular weight excluding hydrogens is 154 g/mol. The molecule has 1 atom stereocenters. The van der Waals surface area contributed by atoms with Crippen LogP contribution in [0.3, 0.4) is 0 Å². The van der Waals surface area contributed by atoms with Crippen molar-refractivity contribution in [1.29, 1.82) is 0 Å². The van der Waals surface area contributed by atoms with Gasteiger partial charge in [0.15, 0.2) is 0 Å². The smallest absolute Gasteiger partial charge is 0.108 e. The lowest BCUT2D eigenvalue weighted by molar-refractivity contribution is -0.107. The standard InChI is InChI=1S/C9H19NO2/c1-8(2)12-9(3)10-4-6-11-7-5-10/h8-9H,4-7H2,1-3H3. The van der Waals surface area contributed by atoms with Gasteiger partial charge in [0.2, 0.25) is 0 Å². The van der Waals surface area contributed by atoms with Gasteiger partial charge >= 0.3 is 0 Å². The predicted molar refractivity (Wildman–Crippen MR) is 48.1 cm³/mol. The lowest BCUT2D eigenvalue weighted by Crippen LogP contribution is -2.44. The highest BCUT2D eigenvalue weighted by molar-refractivity contribution is 4.63. The minimum absolute atomic E-state index is 0.230. The second-order valence-corrected chi connectivity index (χ2v) is 3.43. The fourth-order valence-corrected chi connectivity index (χ4v) is 1.42. The lowest BCUT2D eigenvalue weighted by atomic mass is 10.4. The van der Waals surface area contributed by atoms with E-state index in [4.69, 9.17) is 9.47 Å². The molecule has 3 nitrogen and oxygen atoms in total. The van der Waals surface area contributed by atoms with E-state index in [1.54, 1.807) is 0 Å². The largest absolute Gasteiger partial charge is 0.379 e. The summed E-state index contributed by atoms with van der Waals surface area (Å²) < 4.78 is 10.9. The van der Waals surface area contributed by atoms with Crippen molar-refractivity contribution in [3.63, 3.8) is 0 Å². The quantitative estimate of drug-likeness (QED) is 0.637. The van der Waals surface area contributed by atoms with Gasteiger partial charge in [-0.1, -0.05) is 0 Å². The van der Waals surface area contributed by atoms with Crippen LogP contribution in [0.4, 0.5) is 0 Å². The number of ether oxygens (including phenoxy) is 2. The Hall–Kier alpha value is -0.120. The van der Waals surface area contributed by atoms with Gasteiger partial charge in [0, 0.05) is 13.1 Å². The van der Waals surface area contributed by atoms with Crippen molar-refractivity contribution in [2.75, 3.05) is 26.3 Å². The van der Waals surface area contributed by atoms with Gasteiger partial charge in [0.1, 0.15) is 6.23 Å². The highest BCUT2D eigenvalue weighted by Gasteiger charge is 2.17. The maximum atomic E-state index is 5.66. The van der Waals surface area contributed by atoms with Gasteiger partial charge in [0.05, 0.1) is 19.3 Å². The van der Waals surface area contributed by atoms with Crippen molar-refractivity contribution in [1.82, 2.24) is 4.90 Å². The Bertz CT molecular complexity index is 122. The van der Waals surface area contributed by atoms with E-state index >= 15 is 0 Å². The first-order valence-electron chi connectivity index (χ1n) is 4.67. The number of hydrogen-bond acceptors (Lipinski definition) is 3. The van der Waals surface area contributed by atoms with Gasteiger partial charge in [-0.2, -0.15) is 0 Å². The summed E-state index contributed by atoms with van der Waals surface area (Å²) in [6, 6.07) is 0. The molecule has 12 heavy (non-hydrogen) atoms. The van der Waals surface area contributed by atoms with E-state index in [0.717, 1.165) is 26.3 Å². The van der Waals surface area contributed by atoms with Crippen LogP contribution >= 0.6 is 0 Å². The zero-order valence-electron chi connectivity index (χ0n) is 8.25. The Morgan fingerprint density at radius 3 is 2.25 bits per heavy atom. The van der Waals surface area contributed by atoms with Crippen LogP contribution in [0.1, 0.15) is 20.8 Å². The molecule has 0 aromatic rings. The molecular formula is C9H19NO2. The van der Waals surface area contributed by atoms with Gasteiger partial charge < -0.3 is 9.47 Å². The summed E-state index contributed by atoms with van der Waals surface area (Å²) in [6.07, 6.45) is 0.539. The molecule has 1 heterocycles. The lowest BCUT2D eigenvalue weighted by Gasteiger charge is -2.32. The Morgan fingerprint density at radius 2 is 1.75 bits per heavy atom. The van der Waals surface area contributed by atoms with Crippen molar-refractivity contribution in [2.24, 2.45) is 0 Å². The zero-order valence-corrected chi connectivity index (χ0v) is 8.25. The van der Waals surface area contributed by atoms with E-state index in [9.17, 15) is 0 Å². The molecule has 1 saturated heterocycles. The van der Waals surface area contributed by atoms with Crippen LogP contribution in [-0.4, -0.2) is 43.5 Å². The summed E-state index contributed by atoms with van der Waals surface area (Å²) in [5, 5.41) is 0. The van der Waals surface area contributed by atoms with Crippen LogP contribution in [0, 0.1) is 0 Å². The zero-order chi connectivity index (χ0) is 8.97. The molecule has 3 heteroatoms. The number of hydrogen-bond donors (Lipinski definition) is 0. The van der Waals surface area contributed by atoms with Crippen molar-refractivity contribution in [3.8, 4) is 0 Å². The summed E-state index contributed by atoms with van der Waals surface area (Å²) in [6.45, 7) is 9.90. The van der Waals surface area contributed by atoms with E-state index < -0.39 is 0 Å². The Morgan fingerprint density at radius 1 is 1.17 bits per heavy atom. The SMILES string of the molecule is CC(C)OC(C)N1CCOCC1. The van der Waals surface area contributed by atoms with Crippen molar-refractivity contribution in [3.05, 3.63) is 0 Å². The average molecular weight is 173 g/mol. The van der Waals surface area contributed by atoms with Crippen LogP contribution < -0.4 is 0 Å². The third-order valence-electron chi connectivity index (χ3n) is 2.03. The van der Waals surface area contributed by atoms with Gasteiger partial charge in [-0.05, 0) is 20.8 Å². The highest BCUT2D eigenvalue weighted by Crippen LogP contribution is 2.06. The molecule has 0 radical (unpaired) electrons. The molecule has 1 fully saturated rings. The highest BCUT2D eigenvalue weighted by atomic mass is 16.5. The third kappa shape index (κ3) is 3.09. The topological polar surface area (TPSA) is 21.7 Å². The first kappa shape index (κ1) is 9.96. The van der Waals surface area contributed by atoms with Gasteiger partial charge in [0.25, 0.3) is 0 Å². The summed E-state index contributed by atoms with van der Waals surface area (Å²) in [5.74, 6) is 0. The fourth-order valence-electron chi connectivity index (χ4n) is 1.42. The van der Waals surface area contributed by atoms with E-state index in [1.807, 2.05) is 0 Å². The second kappa shape index (κ2) is 4.80. The maximum Gasteiger partial charge on any atom is 0.108 e. The Kier molecular flexibility index (Phi) is 3.98. The van der Waals surface area contributed by atoms with Crippen LogP contribution in [0.25, 0.3) is 0 Å². The molecule has 1 aliphatic heterocycles. The molecule has 1 aliphatic rings. The minimum Gasteiger partial charge on any atom is -0.379 e.